The lowest BCUT2D eigenvalue weighted by Gasteiger charge is -2.36. The molecule has 0 aromatic heterocycles. The van der Waals surface area contributed by atoms with Gasteiger partial charge >= 0.3 is 0 Å². The number of ketones is 1. The number of likely N-dealkylation sites (tertiary alicyclic amines) is 1. The summed E-state index contributed by atoms with van der Waals surface area (Å²) in [5.74, 6) is 1.08. The molecular weight excluding hydrogens is 202 g/mol. The van der Waals surface area contributed by atoms with E-state index >= 15 is 0 Å². The van der Waals surface area contributed by atoms with Crippen LogP contribution in [0.5, 0.6) is 5.75 Å². The number of likely N-dealkylation sites (N-methyl/N-ethyl adjacent to an activating group) is 1. The van der Waals surface area contributed by atoms with Gasteiger partial charge in [-0.2, -0.15) is 0 Å². The molecule has 1 fully saturated rings. The van der Waals surface area contributed by atoms with E-state index in [0.717, 1.165) is 24.4 Å². The topological polar surface area (TPSA) is 29.5 Å². The van der Waals surface area contributed by atoms with E-state index < -0.39 is 0 Å². The molecule has 0 unspecified atom stereocenters. The summed E-state index contributed by atoms with van der Waals surface area (Å²) in [5, 5.41) is 0. The Labute approximate surface area is 96.0 Å². The molecule has 2 rings (SSSR count). The molecule has 0 radical (unpaired) electrons. The van der Waals surface area contributed by atoms with E-state index in [1.54, 1.807) is 6.92 Å². The Kier molecular flexibility index (Phi) is 3.25. The number of hydrogen-bond acceptors (Lipinski definition) is 3. The van der Waals surface area contributed by atoms with Gasteiger partial charge in [-0.1, -0.05) is 12.1 Å². The van der Waals surface area contributed by atoms with E-state index in [-0.39, 0.29) is 5.78 Å². The van der Waals surface area contributed by atoms with E-state index in [9.17, 15) is 4.79 Å². The molecule has 1 aromatic carbocycles. The third-order valence-corrected chi connectivity index (χ3v) is 2.71. The molecule has 1 aliphatic rings. The van der Waals surface area contributed by atoms with Gasteiger partial charge in [-0.05, 0) is 31.7 Å². The standard InChI is InChI=1S/C13H17NO2/c1-10(15)7-11-3-5-12(6-4-11)16-13-8-14(2)9-13/h3-6,13H,7-9H2,1-2H3. The lowest BCUT2D eigenvalue weighted by molar-refractivity contribution is -0.116. The van der Waals surface area contributed by atoms with Crippen LogP contribution in [0.4, 0.5) is 0 Å². The number of ether oxygens (including phenoxy) is 1. The van der Waals surface area contributed by atoms with Crippen LogP contribution in [0, 0.1) is 0 Å². The van der Waals surface area contributed by atoms with Gasteiger partial charge in [0.2, 0.25) is 0 Å². The molecule has 1 saturated heterocycles. The first-order valence-corrected chi connectivity index (χ1v) is 5.57. The van der Waals surface area contributed by atoms with Gasteiger partial charge in [-0.15, -0.1) is 0 Å². The van der Waals surface area contributed by atoms with Gasteiger partial charge < -0.3 is 4.74 Å². The van der Waals surface area contributed by atoms with Crippen molar-refractivity contribution in [2.24, 2.45) is 0 Å². The summed E-state index contributed by atoms with van der Waals surface area (Å²) in [6, 6.07) is 7.80. The van der Waals surface area contributed by atoms with Crippen molar-refractivity contribution in [3.63, 3.8) is 0 Å². The number of benzene rings is 1. The zero-order chi connectivity index (χ0) is 11.5. The molecule has 0 N–H and O–H groups in total. The van der Waals surface area contributed by atoms with E-state index in [0.29, 0.717) is 12.5 Å². The average molecular weight is 219 g/mol. The lowest BCUT2D eigenvalue weighted by atomic mass is 10.1. The number of nitrogens with zero attached hydrogens (tertiary/aromatic N) is 1. The Hall–Kier alpha value is -1.35. The van der Waals surface area contributed by atoms with Gasteiger partial charge in [-0.25, -0.2) is 0 Å². The maximum atomic E-state index is 10.9. The number of Topliss-reactive ketones (excluding diaryl/α,β-unsaturated/α-hetero) is 1. The molecule has 3 heteroatoms. The predicted octanol–water partition coefficient (Wildman–Crippen LogP) is 1.51. The number of carbonyl (C=O) groups is 1. The fourth-order valence-corrected chi connectivity index (χ4v) is 1.88. The number of hydrogen-bond donors (Lipinski definition) is 0. The molecule has 0 aliphatic carbocycles. The first-order chi connectivity index (χ1) is 7.63. The molecular formula is C13H17NO2. The van der Waals surface area contributed by atoms with Crippen molar-refractivity contribution in [2.45, 2.75) is 19.4 Å². The molecule has 3 nitrogen and oxygen atoms in total. The van der Waals surface area contributed by atoms with Crippen LogP contribution in [0.15, 0.2) is 24.3 Å². The third kappa shape index (κ3) is 2.83. The monoisotopic (exact) mass is 219 g/mol. The van der Waals surface area contributed by atoms with Crippen molar-refractivity contribution < 1.29 is 9.53 Å². The predicted molar refractivity (Wildman–Crippen MR) is 62.7 cm³/mol. The van der Waals surface area contributed by atoms with Crippen molar-refractivity contribution in [3.8, 4) is 5.75 Å². The highest BCUT2D eigenvalue weighted by atomic mass is 16.5. The van der Waals surface area contributed by atoms with Gasteiger partial charge in [0.05, 0.1) is 0 Å². The van der Waals surface area contributed by atoms with Crippen LogP contribution in [0.2, 0.25) is 0 Å². The van der Waals surface area contributed by atoms with E-state index in [1.807, 2.05) is 24.3 Å². The second-order valence-electron chi connectivity index (χ2n) is 4.48. The summed E-state index contributed by atoms with van der Waals surface area (Å²) in [7, 11) is 2.08. The molecule has 86 valence electrons. The molecule has 0 spiro atoms. The minimum absolute atomic E-state index is 0.189. The first kappa shape index (κ1) is 11.1. The Morgan fingerprint density at radius 3 is 2.50 bits per heavy atom. The minimum atomic E-state index is 0.189. The van der Waals surface area contributed by atoms with Gasteiger partial charge in [0.15, 0.2) is 0 Å². The highest BCUT2D eigenvalue weighted by molar-refractivity contribution is 5.78. The Morgan fingerprint density at radius 2 is 2.00 bits per heavy atom. The quantitative estimate of drug-likeness (QED) is 0.768. The Balaban J connectivity index is 1.89. The van der Waals surface area contributed by atoms with Crippen molar-refractivity contribution in [3.05, 3.63) is 29.8 Å². The Morgan fingerprint density at radius 1 is 1.38 bits per heavy atom. The van der Waals surface area contributed by atoms with Crippen LogP contribution in [0.3, 0.4) is 0 Å². The summed E-state index contributed by atoms with van der Waals surface area (Å²) in [4.78, 5) is 13.1. The largest absolute Gasteiger partial charge is 0.488 e. The molecule has 1 heterocycles. The van der Waals surface area contributed by atoms with Crippen LogP contribution >= 0.6 is 0 Å². The summed E-state index contributed by atoms with van der Waals surface area (Å²) in [6.45, 7) is 3.60. The molecule has 1 aliphatic heterocycles. The molecule has 16 heavy (non-hydrogen) atoms. The van der Waals surface area contributed by atoms with Gasteiger partial charge in [0.25, 0.3) is 0 Å². The highest BCUT2D eigenvalue weighted by Gasteiger charge is 2.24. The normalized spacial score (nSPS) is 16.9. The van der Waals surface area contributed by atoms with Crippen LogP contribution in [0.1, 0.15) is 12.5 Å². The zero-order valence-electron chi connectivity index (χ0n) is 9.77. The first-order valence-electron chi connectivity index (χ1n) is 5.57. The molecule has 0 atom stereocenters. The number of rotatable bonds is 4. The molecule has 0 bridgehead atoms. The molecule has 1 aromatic rings. The van der Waals surface area contributed by atoms with Crippen molar-refractivity contribution >= 4 is 5.78 Å². The summed E-state index contributed by atoms with van der Waals surface area (Å²) in [5.41, 5.74) is 1.05. The van der Waals surface area contributed by atoms with Gasteiger partial charge in [-0.3, -0.25) is 9.69 Å². The summed E-state index contributed by atoms with van der Waals surface area (Å²) in [6.07, 6.45) is 0.829. The van der Waals surface area contributed by atoms with Gasteiger partial charge in [0, 0.05) is 19.5 Å². The van der Waals surface area contributed by atoms with Crippen molar-refractivity contribution in [2.75, 3.05) is 20.1 Å². The zero-order valence-corrected chi connectivity index (χ0v) is 9.77. The second kappa shape index (κ2) is 4.66. The Bertz CT molecular complexity index is 366. The molecule has 0 amide bonds. The van der Waals surface area contributed by atoms with Gasteiger partial charge in [0.1, 0.15) is 17.6 Å². The lowest BCUT2D eigenvalue weighted by Crippen LogP contribution is -2.51. The maximum Gasteiger partial charge on any atom is 0.134 e. The fraction of sp³-hybridized carbons (Fsp3) is 0.462. The summed E-state index contributed by atoms with van der Waals surface area (Å²) >= 11 is 0. The highest BCUT2D eigenvalue weighted by Crippen LogP contribution is 2.17. The van der Waals surface area contributed by atoms with E-state index in [4.69, 9.17) is 4.74 Å². The van der Waals surface area contributed by atoms with Crippen LogP contribution in [0.25, 0.3) is 0 Å². The van der Waals surface area contributed by atoms with Crippen molar-refractivity contribution in [1.29, 1.82) is 0 Å². The minimum Gasteiger partial charge on any atom is -0.488 e. The second-order valence-corrected chi connectivity index (χ2v) is 4.48. The maximum absolute atomic E-state index is 10.9. The summed E-state index contributed by atoms with van der Waals surface area (Å²) < 4.78 is 5.75. The molecule has 0 saturated carbocycles. The van der Waals surface area contributed by atoms with Crippen LogP contribution in [-0.2, 0) is 11.2 Å². The third-order valence-electron chi connectivity index (χ3n) is 2.71. The smallest absolute Gasteiger partial charge is 0.134 e. The van der Waals surface area contributed by atoms with E-state index in [2.05, 4.69) is 11.9 Å². The van der Waals surface area contributed by atoms with E-state index in [1.165, 1.54) is 0 Å². The number of carbonyl (C=O) groups excluding carboxylic acids is 1. The van der Waals surface area contributed by atoms with Crippen molar-refractivity contribution in [1.82, 2.24) is 4.90 Å². The average Bonchev–Trinajstić information content (AvgIpc) is 2.18. The van der Waals surface area contributed by atoms with Crippen LogP contribution in [-0.4, -0.2) is 36.9 Å². The fourth-order valence-electron chi connectivity index (χ4n) is 1.88. The van der Waals surface area contributed by atoms with Crippen LogP contribution < -0.4 is 4.74 Å². The SMILES string of the molecule is CC(=O)Cc1ccc(OC2CN(C)C2)cc1.